The first-order valence-corrected chi connectivity index (χ1v) is 7.10. The fourth-order valence-electron chi connectivity index (χ4n) is 1.58. The van der Waals surface area contributed by atoms with Gasteiger partial charge in [0.1, 0.15) is 5.75 Å². The van der Waals surface area contributed by atoms with E-state index in [9.17, 15) is 9.59 Å². The normalized spacial score (nSPS) is 10.1. The lowest BCUT2D eigenvalue weighted by atomic mass is 10.2. The van der Waals surface area contributed by atoms with Crippen molar-refractivity contribution in [2.24, 2.45) is 0 Å². The molecule has 0 aliphatic rings. The van der Waals surface area contributed by atoms with Crippen molar-refractivity contribution in [1.82, 2.24) is 4.90 Å². The Labute approximate surface area is 129 Å². The van der Waals surface area contributed by atoms with Gasteiger partial charge in [-0.25, -0.2) is 0 Å². The lowest BCUT2D eigenvalue weighted by Crippen LogP contribution is -2.33. The van der Waals surface area contributed by atoms with Gasteiger partial charge in [0, 0.05) is 18.6 Å². The second kappa shape index (κ2) is 8.52. The van der Waals surface area contributed by atoms with Gasteiger partial charge in [-0.15, -0.1) is 0 Å². The number of halogens is 1. The number of amides is 1. The molecule has 0 bridgehead atoms. The number of ether oxygens (including phenoxy) is 2. The Hall–Kier alpha value is -1.75. The summed E-state index contributed by atoms with van der Waals surface area (Å²) in [4.78, 5) is 24.5. The first kappa shape index (κ1) is 17.3. The van der Waals surface area contributed by atoms with Crippen LogP contribution in [0.5, 0.6) is 5.75 Å². The number of rotatable bonds is 7. The number of esters is 1. The highest BCUT2D eigenvalue weighted by atomic mass is 35.5. The molecule has 116 valence electrons. The highest BCUT2D eigenvalue weighted by Gasteiger charge is 2.12. The summed E-state index contributed by atoms with van der Waals surface area (Å²) in [6, 6.07) is 5.20. The summed E-state index contributed by atoms with van der Waals surface area (Å²) < 4.78 is 10.2. The number of hydrogen-bond donors (Lipinski definition) is 0. The number of hydrogen-bond acceptors (Lipinski definition) is 4. The van der Waals surface area contributed by atoms with E-state index in [1.54, 1.807) is 32.2 Å². The molecule has 0 saturated carbocycles. The molecule has 0 unspecified atom stereocenters. The number of nitrogens with zero attached hydrogens (tertiary/aromatic N) is 1. The van der Waals surface area contributed by atoms with E-state index in [4.69, 9.17) is 21.1 Å². The Morgan fingerprint density at radius 2 is 2.05 bits per heavy atom. The zero-order valence-corrected chi connectivity index (χ0v) is 13.3. The van der Waals surface area contributed by atoms with Crippen LogP contribution in [-0.4, -0.2) is 43.6 Å². The molecule has 0 heterocycles. The van der Waals surface area contributed by atoms with Crippen LogP contribution in [0.3, 0.4) is 0 Å². The molecule has 1 rings (SSSR count). The Balaban J connectivity index is 2.38. The van der Waals surface area contributed by atoms with Crippen LogP contribution < -0.4 is 4.74 Å². The van der Waals surface area contributed by atoms with Crippen LogP contribution in [-0.2, 0) is 14.3 Å². The minimum Gasteiger partial charge on any atom is -0.484 e. The number of benzene rings is 1. The van der Waals surface area contributed by atoms with Crippen molar-refractivity contribution in [2.45, 2.75) is 20.3 Å². The molecule has 5 nitrogen and oxygen atoms in total. The number of carbonyl (C=O) groups is 2. The summed E-state index contributed by atoms with van der Waals surface area (Å²) in [6.45, 7) is 4.17. The SMILES string of the molecule is CCOC(=O)CCN(C)C(=O)COc1ccc(Cl)c(C)c1. The zero-order valence-electron chi connectivity index (χ0n) is 12.5. The van der Waals surface area contributed by atoms with Gasteiger partial charge in [-0.2, -0.15) is 0 Å². The minimum atomic E-state index is -0.314. The predicted molar refractivity (Wildman–Crippen MR) is 80.6 cm³/mol. The van der Waals surface area contributed by atoms with Gasteiger partial charge in [0.2, 0.25) is 0 Å². The quantitative estimate of drug-likeness (QED) is 0.726. The lowest BCUT2D eigenvalue weighted by molar-refractivity contribution is -0.144. The van der Waals surface area contributed by atoms with Gasteiger partial charge < -0.3 is 14.4 Å². The van der Waals surface area contributed by atoms with Gasteiger partial charge in [0.05, 0.1) is 13.0 Å². The van der Waals surface area contributed by atoms with Gasteiger partial charge in [0.15, 0.2) is 6.61 Å². The van der Waals surface area contributed by atoms with Gasteiger partial charge in [-0.3, -0.25) is 9.59 Å². The van der Waals surface area contributed by atoms with Crippen molar-refractivity contribution in [3.63, 3.8) is 0 Å². The Morgan fingerprint density at radius 1 is 1.33 bits per heavy atom. The summed E-state index contributed by atoms with van der Waals surface area (Å²) in [5, 5.41) is 0.653. The maximum atomic E-state index is 11.9. The molecule has 1 amide bonds. The second-order valence-electron chi connectivity index (χ2n) is 4.57. The minimum absolute atomic E-state index is 0.0829. The Bertz CT molecular complexity index is 504. The van der Waals surface area contributed by atoms with E-state index < -0.39 is 0 Å². The summed E-state index contributed by atoms with van der Waals surface area (Å²) >= 11 is 5.92. The summed E-state index contributed by atoms with van der Waals surface area (Å²) in [7, 11) is 1.62. The molecule has 0 aliphatic carbocycles. The molecule has 0 spiro atoms. The monoisotopic (exact) mass is 313 g/mol. The average molecular weight is 314 g/mol. The average Bonchev–Trinajstić information content (AvgIpc) is 2.46. The number of aryl methyl sites for hydroxylation is 1. The van der Waals surface area contributed by atoms with Crippen LogP contribution in [0, 0.1) is 6.92 Å². The Kier molecular flexibility index (Phi) is 7.02. The standard InChI is InChI=1S/C15H20ClNO4/c1-4-20-15(19)7-8-17(3)14(18)10-21-12-5-6-13(16)11(2)9-12/h5-6,9H,4,7-8,10H2,1-3H3. The molecular weight excluding hydrogens is 294 g/mol. The molecule has 0 radical (unpaired) electrons. The third-order valence-electron chi connectivity index (χ3n) is 2.87. The Morgan fingerprint density at radius 3 is 2.67 bits per heavy atom. The third-order valence-corrected chi connectivity index (χ3v) is 3.30. The largest absolute Gasteiger partial charge is 0.484 e. The van der Waals surface area contributed by atoms with Crippen LogP contribution in [0.25, 0.3) is 0 Å². The van der Waals surface area contributed by atoms with Crippen molar-refractivity contribution >= 4 is 23.5 Å². The number of carbonyl (C=O) groups excluding carboxylic acids is 2. The molecule has 1 aromatic rings. The van der Waals surface area contributed by atoms with E-state index >= 15 is 0 Å². The molecule has 21 heavy (non-hydrogen) atoms. The van der Waals surface area contributed by atoms with E-state index in [1.807, 2.05) is 6.92 Å². The molecule has 0 N–H and O–H groups in total. The van der Waals surface area contributed by atoms with Gasteiger partial charge in [0.25, 0.3) is 5.91 Å². The van der Waals surface area contributed by atoms with Crippen molar-refractivity contribution < 1.29 is 19.1 Å². The highest BCUT2D eigenvalue weighted by molar-refractivity contribution is 6.31. The van der Waals surface area contributed by atoms with Crippen LogP contribution >= 0.6 is 11.6 Å². The lowest BCUT2D eigenvalue weighted by Gasteiger charge is -2.17. The number of likely N-dealkylation sites (N-methyl/N-ethyl adjacent to an activating group) is 1. The molecule has 0 aliphatic heterocycles. The van der Waals surface area contributed by atoms with Gasteiger partial charge >= 0.3 is 5.97 Å². The maximum absolute atomic E-state index is 11.9. The molecule has 1 aromatic carbocycles. The molecule has 0 aromatic heterocycles. The first-order chi connectivity index (χ1) is 9.93. The second-order valence-corrected chi connectivity index (χ2v) is 4.98. The topological polar surface area (TPSA) is 55.8 Å². The molecule has 0 saturated heterocycles. The van der Waals surface area contributed by atoms with Crippen LogP contribution in [0.2, 0.25) is 5.02 Å². The molecule has 0 fully saturated rings. The van der Waals surface area contributed by atoms with E-state index in [2.05, 4.69) is 0 Å². The van der Waals surface area contributed by atoms with E-state index in [1.165, 1.54) is 4.90 Å². The van der Waals surface area contributed by atoms with Crippen LogP contribution in [0.15, 0.2) is 18.2 Å². The van der Waals surface area contributed by atoms with E-state index in [-0.39, 0.29) is 24.9 Å². The fraction of sp³-hybridized carbons (Fsp3) is 0.467. The zero-order chi connectivity index (χ0) is 15.8. The first-order valence-electron chi connectivity index (χ1n) is 6.72. The molecular formula is C15H20ClNO4. The van der Waals surface area contributed by atoms with Crippen molar-refractivity contribution in [3.05, 3.63) is 28.8 Å². The van der Waals surface area contributed by atoms with Crippen molar-refractivity contribution in [2.75, 3.05) is 26.8 Å². The van der Waals surface area contributed by atoms with Crippen LogP contribution in [0.1, 0.15) is 18.9 Å². The molecule has 6 heteroatoms. The summed E-state index contributed by atoms with van der Waals surface area (Å²) in [5.74, 6) is 0.0716. The predicted octanol–water partition coefficient (Wildman–Crippen LogP) is 2.44. The van der Waals surface area contributed by atoms with Crippen LogP contribution in [0.4, 0.5) is 0 Å². The van der Waals surface area contributed by atoms with Gasteiger partial charge in [-0.1, -0.05) is 11.6 Å². The van der Waals surface area contributed by atoms with Crippen molar-refractivity contribution in [1.29, 1.82) is 0 Å². The highest BCUT2D eigenvalue weighted by Crippen LogP contribution is 2.20. The maximum Gasteiger partial charge on any atom is 0.307 e. The third kappa shape index (κ3) is 6.04. The van der Waals surface area contributed by atoms with Crippen molar-refractivity contribution in [3.8, 4) is 5.75 Å². The summed E-state index contributed by atoms with van der Waals surface area (Å²) in [5.41, 5.74) is 0.886. The fourth-order valence-corrected chi connectivity index (χ4v) is 1.70. The van der Waals surface area contributed by atoms with Gasteiger partial charge in [-0.05, 0) is 37.6 Å². The summed E-state index contributed by atoms with van der Waals surface area (Å²) in [6.07, 6.45) is 0.177. The smallest absolute Gasteiger partial charge is 0.307 e. The van der Waals surface area contributed by atoms with E-state index in [0.29, 0.717) is 23.9 Å². The molecule has 0 atom stereocenters. The van der Waals surface area contributed by atoms with E-state index in [0.717, 1.165) is 5.56 Å².